The van der Waals surface area contributed by atoms with E-state index in [0.717, 1.165) is 18.4 Å². The van der Waals surface area contributed by atoms with Crippen LogP contribution in [-0.4, -0.2) is 35.0 Å². The van der Waals surface area contributed by atoms with Crippen LogP contribution in [0, 0.1) is 17.8 Å². The average Bonchev–Trinajstić information content (AvgIpc) is 2.52. The molecule has 1 heterocycles. The van der Waals surface area contributed by atoms with Crippen molar-refractivity contribution in [2.45, 2.75) is 25.7 Å². The molecule has 1 saturated heterocycles. The fourth-order valence-corrected chi connectivity index (χ4v) is 2.48. The second-order valence-electron chi connectivity index (χ2n) is 5.28. The lowest BCUT2D eigenvalue weighted by Gasteiger charge is -2.30. The Morgan fingerprint density at radius 3 is 2.48 bits per heavy atom. The number of amides is 1. The summed E-state index contributed by atoms with van der Waals surface area (Å²) < 4.78 is 0. The maximum Gasteiger partial charge on any atom is 0.303 e. The molecule has 1 aromatic rings. The first-order valence-electron chi connectivity index (χ1n) is 7.23. The number of benzene rings is 1. The third kappa shape index (κ3) is 4.96. The van der Waals surface area contributed by atoms with E-state index in [0.29, 0.717) is 25.4 Å². The van der Waals surface area contributed by atoms with E-state index in [9.17, 15) is 9.59 Å². The Labute approximate surface area is 124 Å². The molecule has 0 aliphatic carbocycles. The maximum atomic E-state index is 12.0. The van der Waals surface area contributed by atoms with Gasteiger partial charge >= 0.3 is 5.97 Å². The number of likely N-dealkylation sites (tertiary alicyclic amines) is 1. The summed E-state index contributed by atoms with van der Waals surface area (Å²) >= 11 is 0. The molecule has 0 saturated carbocycles. The maximum absolute atomic E-state index is 12.0. The Bertz CT molecular complexity index is 548. The van der Waals surface area contributed by atoms with E-state index >= 15 is 0 Å². The van der Waals surface area contributed by atoms with E-state index < -0.39 is 5.97 Å². The SMILES string of the molecule is O=C(O)CCC1CCN(C(=O)C#Cc2ccccc2)CC1. The van der Waals surface area contributed by atoms with Crippen LogP contribution in [0.5, 0.6) is 0 Å². The fourth-order valence-electron chi connectivity index (χ4n) is 2.48. The van der Waals surface area contributed by atoms with Crippen LogP contribution in [0.2, 0.25) is 0 Å². The summed E-state index contributed by atoms with van der Waals surface area (Å²) in [5.74, 6) is 5.07. The summed E-state index contributed by atoms with van der Waals surface area (Å²) in [5.41, 5.74) is 0.835. The Kier molecular flexibility index (Phi) is 5.39. The van der Waals surface area contributed by atoms with Crippen molar-refractivity contribution in [2.24, 2.45) is 5.92 Å². The van der Waals surface area contributed by atoms with Gasteiger partial charge in [-0.2, -0.15) is 0 Å². The number of aliphatic carboxylic acids is 1. The second kappa shape index (κ2) is 7.49. The lowest BCUT2D eigenvalue weighted by Crippen LogP contribution is -2.37. The molecule has 21 heavy (non-hydrogen) atoms. The molecule has 0 spiro atoms. The van der Waals surface area contributed by atoms with Gasteiger partial charge in [0.15, 0.2) is 0 Å². The van der Waals surface area contributed by atoms with E-state index in [1.807, 2.05) is 30.3 Å². The largest absolute Gasteiger partial charge is 0.481 e. The number of carbonyl (C=O) groups excluding carboxylic acids is 1. The van der Waals surface area contributed by atoms with Crippen LogP contribution in [0.4, 0.5) is 0 Å². The molecule has 4 nitrogen and oxygen atoms in total. The number of hydrogen-bond donors (Lipinski definition) is 1. The molecule has 1 amide bonds. The summed E-state index contributed by atoms with van der Waals surface area (Å²) in [6, 6.07) is 9.44. The van der Waals surface area contributed by atoms with Crippen LogP contribution < -0.4 is 0 Å². The summed E-state index contributed by atoms with van der Waals surface area (Å²) in [6.45, 7) is 1.35. The molecule has 1 aliphatic heterocycles. The fraction of sp³-hybridized carbons (Fsp3) is 0.412. The van der Waals surface area contributed by atoms with Gasteiger partial charge in [-0.25, -0.2) is 0 Å². The molecule has 1 aromatic carbocycles. The normalized spacial score (nSPS) is 15.1. The molecule has 0 bridgehead atoms. The highest BCUT2D eigenvalue weighted by Crippen LogP contribution is 2.21. The van der Waals surface area contributed by atoms with Gasteiger partial charge < -0.3 is 10.0 Å². The van der Waals surface area contributed by atoms with Crippen molar-refractivity contribution in [3.05, 3.63) is 35.9 Å². The summed E-state index contributed by atoms with van der Waals surface area (Å²) in [7, 11) is 0. The van der Waals surface area contributed by atoms with E-state index in [1.54, 1.807) is 4.90 Å². The van der Waals surface area contributed by atoms with Crippen LogP contribution in [0.15, 0.2) is 30.3 Å². The molecule has 1 aliphatic rings. The molecular formula is C17H19NO3. The lowest BCUT2D eigenvalue weighted by atomic mass is 9.92. The van der Waals surface area contributed by atoms with Gasteiger partial charge in [0.1, 0.15) is 0 Å². The molecular weight excluding hydrogens is 266 g/mol. The number of piperidine rings is 1. The van der Waals surface area contributed by atoms with Gasteiger partial charge in [-0.05, 0) is 37.3 Å². The number of nitrogens with zero attached hydrogens (tertiary/aromatic N) is 1. The molecule has 0 unspecified atom stereocenters. The first-order valence-corrected chi connectivity index (χ1v) is 7.23. The average molecular weight is 285 g/mol. The summed E-state index contributed by atoms with van der Waals surface area (Å²) in [4.78, 5) is 24.3. The molecule has 2 rings (SSSR count). The Morgan fingerprint density at radius 2 is 1.86 bits per heavy atom. The third-order valence-electron chi connectivity index (χ3n) is 3.76. The zero-order valence-electron chi connectivity index (χ0n) is 11.9. The van der Waals surface area contributed by atoms with Crippen LogP contribution in [0.1, 0.15) is 31.2 Å². The van der Waals surface area contributed by atoms with Crippen molar-refractivity contribution in [3.63, 3.8) is 0 Å². The van der Waals surface area contributed by atoms with Crippen molar-refractivity contribution < 1.29 is 14.7 Å². The molecule has 1 N–H and O–H groups in total. The van der Waals surface area contributed by atoms with Gasteiger partial charge in [0.25, 0.3) is 5.91 Å². The van der Waals surface area contributed by atoms with E-state index in [1.165, 1.54) is 0 Å². The predicted octanol–water partition coefficient (Wildman–Crippen LogP) is 2.14. The Balaban J connectivity index is 1.81. The number of rotatable bonds is 3. The van der Waals surface area contributed by atoms with Gasteiger partial charge in [0.05, 0.1) is 0 Å². The molecule has 4 heteroatoms. The molecule has 1 fully saturated rings. The van der Waals surface area contributed by atoms with Crippen molar-refractivity contribution in [3.8, 4) is 11.8 Å². The van der Waals surface area contributed by atoms with E-state index in [-0.39, 0.29) is 12.3 Å². The minimum Gasteiger partial charge on any atom is -0.481 e. The summed E-state index contributed by atoms with van der Waals surface area (Å²) in [6.07, 6.45) is 2.65. The van der Waals surface area contributed by atoms with Gasteiger partial charge in [0.2, 0.25) is 0 Å². The van der Waals surface area contributed by atoms with Gasteiger partial charge in [0, 0.05) is 31.0 Å². The third-order valence-corrected chi connectivity index (χ3v) is 3.76. The number of hydrogen-bond acceptors (Lipinski definition) is 2. The summed E-state index contributed by atoms with van der Waals surface area (Å²) in [5, 5.41) is 8.68. The highest BCUT2D eigenvalue weighted by molar-refractivity contribution is 5.94. The van der Waals surface area contributed by atoms with Gasteiger partial charge in [-0.15, -0.1) is 0 Å². The van der Waals surface area contributed by atoms with Gasteiger partial charge in [-0.3, -0.25) is 9.59 Å². The lowest BCUT2D eigenvalue weighted by molar-refractivity contribution is -0.137. The first-order chi connectivity index (χ1) is 10.1. The first kappa shape index (κ1) is 15.1. The van der Waals surface area contributed by atoms with Crippen molar-refractivity contribution >= 4 is 11.9 Å². The highest BCUT2D eigenvalue weighted by Gasteiger charge is 2.22. The number of carboxylic acids is 1. The standard InChI is InChI=1S/C17H19NO3/c19-16(8-6-14-4-2-1-3-5-14)18-12-10-15(11-13-18)7-9-17(20)21/h1-5,15H,7,9-13H2,(H,20,21). The van der Waals surface area contributed by atoms with Crippen LogP contribution in [0.3, 0.4) is 0 Å². The monoisotopic (exact) mass is 285 g/mol. The van der Waals surface area contributed by atoms with Crippen molar-refractivity contribution in [1.82, 2.24) is 4.90 Å². The molecule has 0 radical (unpaired) electrons. The molecule has 0 atom stereocenters. The topological polar surface area (TPSA) is 57.6 Å². The van der Waals surface area contributed by atoms with E-state index in [2.05, 4.69) is 11.8 Å². The number of carboxylic acid groups (broad SMARTS) is 1. The molecule has 110 valence electrons. The van der Waals surface area contributed by atoms with Gasteiger partial charge in [-0.1, -0.05) is 24.1 Å². The van der Waals surface area contributed by atoms with Crippen LogP contribution in [0.25, 0.3) is 0 Å². The second-order valence-corrected chi connectivity index (χ2v) is 5.28. The van der Waals surface area contributed by atoms with E-state index in [4.69, 9.17) is 5.11 Å². The predicted molar refractivity (Wildman–Crippen MR) is 79.5 cm³/mol. The number of carbonyl (C=O) groups is 2. The minimum atomic E-state index is -0.748. The van der Waals surface area contributed by atoms with Crippen molar-refractivity contribution in [1.29, 1.82) is 0 Å². The quantitative estimate of drug-likeness (QED) is 0.866. The minimum absolute atomic E-state index is 0.143. The Morgan fingerprint density at radius 1 is 1.19 bits per heavy atom. The zero-order valence-corrected chi connectivity index (χ0v) is 11.9. The van der Waals surface area contributed by atoms with Crippen molar-refractivity contribution in [2.75, 3.05) is 13.1 Å². The molecule has 0 aromatic heterocycles. The highest BCUT2D eigenvalue weighted by atomic mass is 16.4. The zero-order chi connectivity index (χ0) is 15.1. The smallest absolute Gasteiger partial charge is 0.303 e. The Hall–Kier alpha value is -2.28. The van der Waals surface area contributed by atoms with Crippen LogP contribution in [-0.2, 0) is 9.59 Å². The van der Waals surface area contributed by atoms with Crippen LogP contribution >= 0.6 is 0 Å².